The van der Waals surface area contributed by atoms with E-state index >= 15 is 0 Å². The van der Waals surface area contributed by atoms with Crippen LogP contribution in [0.4, 0.5) is 4.79 Å². The zero-order chi connectivity index (χ0) is 18.0. The van der Waals surface area contributed by atoms with Crippen LogP contribution >= 0.6 is 0 Å². The number of hydrogen-bond acceptors (Lipinski definition) is 4. The van der Waals surface area contributed by atoms with Crippen LogP contribution in [0.2, 0.25) is 0 Å². The lowest BCUT2D eigenvalue weighted by Crippen LogP contribution is -2.40. The first-order valence-corrected chi connectivity index (χ1v) is 9.18. The van der Waals surface area contributed by atoms with Crippen LogP contribution in [0.15, 0.2) is 30.3 Å². The Hall–Kier alpha value is -2.04. The lowest BCUT2D eigenvalue weighted by molar-refractivity contribution is -0.165. The summed E-state index contributed by atoms with van der Waals surface area (Å²) >= 11 is 0. The van der Waals surface area contributed by atoms with E-state index in [9.17, 15) is 9.59 Å². The van der Waals surface area contributed by atoms with Gasteiger partial charge in [0.05, 0.1) is 0 Å². The van der Waals surface area contributed by atoms with Gasteiger partial charge >= 0.3 is 12.1 Å². The maximum Gasteiger partial charge on any atom is 0.408 e. The zero-order valence-electron chi connectivity index (χ0n) is 15.1. The molecule has 5 unspecified atom stereocenters. The summed E-state index contributed by atoms with van der Waals surface area (Å²) in [6.45, 7) is 6.54. The van der Waals surface area contributed by atoms with Crippen molar-refractivity contribution in [3.63, 3.8) is 0 Å². The highest BCUT2D eigenvalue weighted by molar-refractivity contribution is 5.84. The molecule has 5 heteroatoms. The summed E-state index contributed by atoms with van der Waals surface area (Å²) in [5.41, 5.74) is 0.840. The molecule has 136 valence electrons. The van der Waals surface area contributed by atoms with Crippen molar-refractivity contribution in [3.8, 4) is 0 Å². The molecule has 3 rings (SSSR count). The highest BCUT2D eigenvalue weighted by Gasteiger charge is 2.43. The second-order valence-electron chi connectivity index (χ2n) is 7.66. The summed E-state index contributed by atoms with van der Waals surface area (Å²) in [4.78, 5) is 24.5. The van der Waals surface area contributed by atoms with Gasteiger partial charge in [0, 0.05) is 0 Å². The van der Waals surface area contributed by atoms with Crippen LogP contribution in [0, 0.1) is 17.8 Å². The standard InChI is InChI=1S/C20H27NO4/c1-12(2)15-10-9-13(3)11-16(15)24-19(22)18-17(21-20(23)25-18)14-7-5-4-6-8-14/h4-8,12-13,15-18H,9-11H2,1-3H3,(H,21,23). The fraction of sp³-hybridized carbons (Fsp3) is 0.600. The van der Waals surface area contributed by atoms with Crippen LogP contribution < -0.4 is 5.32 Å². The van der Waals surface area contributed by atoms with Gasteiger partial charge in [-0.15, -0.1) is 0 Å². The molecule has 1 aromatic carbocycles. The topological polar surface area (TPSA) is 64.6 Å². The smallest absolute Gasteiger partial charge is 0.408 e. The molecule has 0 bridgehead atoms. The van der Waals surface area contributed by atoms with Crippen molar-refractivity contribution in [1.82, 2.24) is 5.32 Å². The molecule has 1 saturated heterocycles. The number of hydrogen-bond donors (Lipinski definition) is 1. The quantitative estimate of drug-likeness (QED) is 0.842. The molecule has 2 aliphatic rings. The number of nitrogens with one attached hydrogen (secondary N) is 1. The Morgan fingerprint density at radius 1 is 1.24 bits per heavy atom. The van der Waals surface area contributed by atoms with Gasteiger partial charge in [-0.2, -0.15) is 0 Å². The second kappa shape index (κ2) is 7.46. The lowest BCUT2D eigenvalue weighted by Gasteiger charge is -2.37. The van der Waals surface area contributed by atoms with E-state index in [0.29, 0.717) is 17.8 Å². The number of esters is 1. The van der Waals surface area contributed by atoms with Gasteiger partial charge in [-0.25, -0.2) is 9.59 Å². The fourth-order valence-electron chi connectivity index (χ4n) is 3.99. The van der Waals surface area contributed by atoms with Gasteiger partial charge in [0.1, 0.15) is 12.1 Å². The van der Waals surface area contributed by atoms with Gasteiger partial charge in [0.15, 0.2) is 0 Å². The lowest BCUT2D eigenvalue weighted by atomic mass is 9.75. The predicted octanol–water partition coefficient (Wildman–Crippen LogP) is 3.84. The normalized spacial score (nSPS) is 32.2. The molecule has 0 aromatic heterocycles. The summed E-state index contributed by atoms with van der Waals surface area (Å²) in [5, 5.41) is 2.72. The van der Waals surface area contributed by atoms with E-state index in [1.54, 1.807) is 0 Å². The largest absolute Gasteiger partial charge is 0.459 e. The molecule has 1 aromatic rings. The summed E-state index contributed by atoms with van der Waals surface area (Å²) < 4.78 is 11.1. The molecule has 1 N–H and O–H groups in total. The third-order valence-corrected chi connectivity index (χ3v) is 5.43. The Morgan fingerprint density at radius 2 is 1.96 bits per heavy atom. The molecule has 1 aliphatic heterocycles. The van der Waals surface area contributed by atoms with Crippen molar-refractivity contribution < 1.29 is 19.1 Å². The molecule has 1 aliphatic carbocycles. The second-order valence-corrected chi connectivity index (χ2v) is 7.66. The first-order chi connectivity index (χ1) is 12.0. The van der Waals surface area contributed by atoms with E-state index in [1.165, 1.54) is 6.42 Å². The molecule has 1 saturated carbocycles. The van der Waals surface area contributed by atoms with Crippen molar-refractivity contribution in [3.05, 3.63) is 35.9 Å². The Morgan fingerprint density at radius 3 is 2.64 bits per heavy atom. The van der Waals surface area contributed by atoms with E-state index in [-0.39, 0.29) is 6.10 Å². The van der Waals surface area contributed by atoms with Crippen LogP contribution in [0.1, 0.15) is 51.6 Å². The molecule has 1 amide bonds. The number of benzene rings is 1. The van der Waals surface area contributed by atoms with Crippen molar-refractivity contribution >= 4 is 12.1 Å². The minimum absolute atomic E-state index is 0.105. The highest BCUT2D eigenvalue weighted by atomic mass is 16.6. The molecule has 2 fully saturated rings. The Balaban J connectivity index is 1.73. The third kappa shape index (κ3) is 3.97. The zero-order valence-corrected chi connectivity index (χ0v) is 15.1. The number of carbonyl (C=O) groups excluding carboxylic acids is 2. The SMILES string of the molecule is CC1CCC(C(C)C)C(OC(=O)C2OC(=O)NC2c2ccccc2)C1. The number of amides is 1. The van der Waals surface area contributed by atoms with Gasteiger partial charge < -0.3 is 14.8 Å². The summed E-state index contributed by atoms with van der Waals surface area (Å²) in [5.74, 6) is 0.916. The van der Waals surface area contributed by atoms with Crippen LogP contribution in [-0.2, 0) is 14.3 Å². The summed E-state index contributed by atoms with van der Waals surface area (Å²) in [6, 6.07) is 8.89. The third-order valence-electron chi connectivity index (χ3n) is 5.43. The predicted molar refractivity (Wildman–Crippen MR) is 93.8 cm³/mol. The first kappa shape index (κ1) is 17.8. The Kier molecular flexibility index (Phi) is 5.30. The number of ether oxygens (including phenoxy) is 2. The molecule has 25 heavy (non-hydrogen) atoms. The van der Waals surface area contributed by atoms with Gasteiger partial charge in [-0.3, -0.25) is 0 Å². The van der Waals surface area contributed by atoms with E-state index in [4.69, 9.17) is 9.47 Å². The van der Waals surface area contributed by atoms with Crippen molar-refractivity contribution in [2.45, 2.75) is 58.3 Å². The number of rotatable bonds is 4. The molecule has 5 atom stereocenters. The van der Waals surface area contributed by atoms with Crippen molar-refractivity contribution in [2.75, 3.05) is 0 Å². The van der Waals surface area contributed by atoms with Crippen LogP contribution in [0.3, 0.4) is 0 Å². The van der Waals surface area contributed by atoms with E-state index in [2.05, 4.69) is 26.1 Å². The average Bonchev–Trinajstić information content (AvgIpc) is 2.97. The van der Waals surface area contributed by atoms with E-state index < -0.39 is 24.2 Å². The minimum atomic E-state index is -0.931. The van der Waals surface area contributed by atoms with Crippen LogP contribution in [0.5, 0.6) is 0 Å². The Bertz CT molecular complexity index is 615. The molecule has 5 nitrogen and oxygen atoms in total. The Labute approximate surface area is 149 Å². The maximum atomic E-state index is 12.8. The van der Waals surface area contributed by atoms with E-state index in [1.807, 2.05) is 30.3 Å². The monoisotopic (exact) mass is 345 g/mol. The van der Waals surface area contributed by atoms with Crippen LogP contribution in [0.25, 0.3) is 0 Å². The average molecular weight is 345 g/mol. The molecular formula is C20H27NO4. The summed E-state index contributed by atoms with van der Waals surface area (Å²) in [7, 11) is 0. The first-order valence-electron chi connectivity index (χ1n) is 9.18. The molecule has 1 heterocycles. The summed E-state index contributed by atoms with van der Waals surface area (Å²) in [6.07, 6.45) is 1.50. The van der Waals surface area contributed by atoms with E-state index in [0.717, 1.165) is 18.4 Å². The molecule has 0 radical (unpaired) electrons. The molecule has 0 spiro atoms. The van der Waals surface area contributed by atoms with Crippen molar-refractivity contribution in [1.29, 1.82) is 0 Å². The minimum Gasteiger partial charge on any atom is -0.459 e. The van der Waals surface area contributed by atoms with Gasteiger partial charge in [-0.1, -0.05) is 57.5 Å². The highest BCUT2D eigenvalue weighted by Crippen LogP contribution is 2.36. The molecular weight excluding hydrogens is 318 g/mol. The van der Waals surface area contributed by atoms with Gasteiger partial charge in [0.2, 0.25) is 6.10 Å². The number of carbonyl (C=O) groups is 2. The van der Waals surface area contributed by atoms with Crippen molar-refractivity contribution in [2.24, 2.45) is 17.8 Å². The maximum absolute atomic E-state index is 12.8. The van der Waals surface area contributed by atoms with Crippen LogP contribution in [-0.4, -0.2) is 24.3 Å². The van der Waals surface area contributed by atoms with Gasteiger partial charge in [-0.05, 0) is 36.2 Å². The number of cyclic esters (lactones) is 1. The fourth-order valence-corrected chi connectivity index (χ4v) is 3.99. The van der Waals surface area contributed by atoms with Gasteiger partial charge in [0.25, 0.3) is 0 Å². The number of alkyl carbamates (subject to hydrolysis) is 1.